The summed E-state index contributed by atoms with van der Waals surface area (Å²) in [6, 6.07) is 4.20. The molecule has 0 saturated heterocycles. The van der Waals surface area contributed by atoms with Crippen molar-refractivity contribution in [3.05, 3.63) is 29.6 Å². The van der Waals surface area contributed by atoms with E-state index in [1.54, 1.807) is 19.9 Å². The first-order valence-electron chi connectivity index (χ1n) is 5.72. The van der Waals surface area contributed by atoms with Gasteiger partial charge in [0, 0.05) is 0 Å². The minimum absolute atomic E-state index is 0.123. The predicted molar refractivity (Wildman–Crippen MR) is 63.4 cm³/mol. The monoisotopic (exact) mass is 242 g/mol. The van der Waals surface area contributed by atoms with Gasteiger partial charge >= 0.3 is 0 Å². The lowest BCUT2D eigenvalue weighted by atomic mass is 9.86. The van der Waals surface area contributed by atoms with Gasteiger partial charge in [-0.2, -0.15) is 0 Å². The molecule has 0 fully saturated rings. The number of aliphatic hydroxyl groups is 2. The SMILES string of the molecule is CCC(O)(CC)C(O)c1ccc(OC)c(F)c1. The molecule has 1 unspecified atom stereocenters. The number of hydrogen-bond acceptors (Lipinski definition) is 3. The normalized spacial score (nSPS) is 13.5. The maximum Gasteiger partial charge on any atom is 0.165 e. The molecule has 96 valence electrons. The van der Waals surface area contributed by atoms with Gasteiger partial charge in [-0.05, 0) is 30.5 Å². The average Bonchev–Trinajstić information content (AvgIpc) is 2.36. The van der Waals surface area contributed by atoms with Crippen molar-refractivity contribution in [1.82, 2.24) is 0 Å². The van der Waals surface area contributed by atoms with E-state index in [9.17, 15) is 14.6 Å². The highest BCUT2D eigenvalue weighted by Gasteiger charge is 2.33. The maximum atomic E-state index is 13.5. The Morgan fingerprint density at radius 3 is 2.35 bits per heavy atom. The number of hydrogen-bond donors (Lipinski definition) is 2. The zero-order valence-electron chi connectivity index (χ0n) is 10.4. The van der Waals surface area contributed by atoms with E-state index < -0.39 is 17.5 Å². The molecule has 0 radical (unpaired) electrons. The van der Waals surface area contributed by atoms with Crippen LogP contribution in [-0.2, 0) is 0 Å². The number of ether oxygens (including phenoxy) is 1. The molecule has 4 heteroatoms. The number of methoxy groups -OCH3 is 1. The van der Waals surface area contributed by atoms with Crippen LogP contribution in [0.4, 0.5) is 4.39 Å². The van der Waals surface area contributed by atoms with Crippen molar-refractivity contribution in [1.29, 1.82) is 0 Å². The van der Waals surface area contributed by atoms with E-state index in [2.05, 4.69) is 0 Å². The highest BCUT2D eigenvalue weighted by Crippen LogP contribution is 2.33. The van der Waals surface area contributed by atoms with E-state index in [-0.39, 0.29) is 5.75 Å². The lowest BCUT2D eigenvalue weighted by Crippen LogP contribution is -2.34. The summed E-state index contributed by atoms with van der Waals surface area (Å²) in [4.78, 5) is 0. The summed E-state index contributed by atoms with van der Waals surface area (Å²) >= 11 is 0. The quantitative estimate of drug-likeness (QED) is 0.833. The van der Waals surface area contributed by atoms with E-state index in [0.29, 0.717) is 18.4 Å². The van der Waals surface area contributed by atoms with Crippen LogP contribution in [0.15, 0.2) is 18.2 Å². The largest absolute Gasteiger partial charge is 0.494 e. The Morgan fingerprint density at radius 1 is 1.35 bits per heavy atom. The predicted octanol–water partition coefficient (Wildman–Crippen LogP) is 2.42. The van der Waals surface area contributed by atoms with Gasteiger partial charge in [-0.3, -0.25) is 0 Å². The van der Waals surface area contributed by atoms with Crippen molar-refractivity contribution in [3.63, 3.8) is 0 Å². The van der Waals surface area contributed by atoms with Crippen molar-refractivity contribution in [3.8, 4) is 5.75 Å². The standard InChI is InChI=1S/C13H19FO3/c1-4-13(16,5-2)12(15)9-6-7-11(17-3)10(14)8-9/h6-8,12,15-16H,4-5H2,1-3H3. The summed E-state index contributed by atoms with van der Waals surface area (Å²) in [6.07, 6.45) is -0.297. The van der Waals surface area contributed by atoms with Crippen molar-refractivity contribution in [2.24, 2.45) is 0 Å². The first kappa shape index (κ1) is 13.9. The van der Waals surface area contributed by atoms with Crippen molar-refractivity contribution in [2.75, 3.05) is 7.11 Å². The highest BCUT2D eigenvalue weighted by atomic mass is 19.1. The minimum atomic E-state index is -1.22. The number of rotatable bonds is 5. The second-order valence-corrected chi connectivity index (χ2v) is 4.11. The van der Waals surface area contributed by atoms with Crippen LogP contribution in [0.25, 0.3) is 0 Å². The Bertz CT molecular complexity index is 375. The molecule has 0 spiro atoms. The summed E-state index contributed by atoms with van der Waals surface area (Å²) in [5.41, 5.74) is -0.865. The van der Waals surface area contributed by atoms with Gasteiger partial charge in [0.05, 0.1) is 12.7 Å². The molecule has 3 nitrogen and oxygen atoms in total. The van der Waals surface area contributed by atoms with Crippen LogP contribution in [0.3, 0.4) is 0 Å². The van der Waals surface area contributed by atoms with Crippen LogP contribution in [0, 0.1) is 5.82 Å². The molecule has 17 heavy (non-hydrogen) atoms. The molecular weight excluding hydrogens is 223 g/mol. The summed E-state index contributed by atoms with van der Waals surface area (Å²) in [6.45, 7) is 3.57. The van der Waals surface area contributed by atoms with E-state index >= 15 is 0 Å². The Labute approximate surface area is 101 Å². The molecule has 0 saturated carbocycles. The van der Waals surface area contributed by atoms with Crippen molar-refractivity contribution >= 4 is 0 Å². The molecule has 0 aliphatic rings. The molecule has 0 amide bonds. The fourth-order valence-electron chi connectivity index (χ4n) is 1.80. The second kappa shape index (κ2) is 5.47. The molecule has 1 aromatic carbocycles. The number of halogens is 1. The van der Waals surface area contributed by atoms with Gasteiger partial charge in [0.1, 0.15) is 6.10 Å². The molecular formula is C13H19FO3. The minimum Gasteiger partial charge on any atom is -0.494 e. The van der Waals surface area contributed by atoms with Crippen LogP contribution < -0.4 is 4.74 Å². The van der Waals surface area contributed by atoms with Gasteiger partial charge in [0.15, 0.2) is 11.6 Å². The van der Waals surface area contributed by atoms with Crippen LogP contribution >= 0.6 is 0 Å². The van der Waals surface area contributed by atoms with Gasteiger partial charge in [-0.25, -0.2) is 4.39 Å². The molecule has 1 atom stereocenters. The second-order valence-electron chi connectivity index (χ2n) is 4.11. The topological polar surface area (TPSA) is 49.7 Å². The van der Waals surface area contributed by atoms with Crippen molar-refractivity contribution < 1.29 is 19.3 Å². The zero-order valence-corrected chi connectivity index (χ0v) is 10.4. The van der Waals surface area contributed by atoms with Gasteiger partial charge in [-0.1, -0.05) is 19.9 Å². The Balaban J connectivity index is 3.04. The first-order chi connectivity index (χ1) is 7.98. The fourth-order valence-corrected chi connectivity index (χ4v) is 1.80. The van der Waals surface area contributed by atoms with Gasteiger partial charge in [0.25, 0.3) is 0 Å². The fraction of sp³-hybridized carbons (Fsp3) is 0.538. The molecule has 0 aliphatic heterocycles. The van der Waals surface area contributed by atoms with E-state index in [4.69, 9.17) is 4.74 Å². The van der Waals surface area contributed by atoms with Gasteiger partial charge < -0.3 is 14.9 Å². The van der Waals surface area contributed by atoms with Crippen molar-refractivity contribution in [2.45, 2.75) is 38.4 Å². The smallest absolute Gasteiger partial charge is 0.165 e. The molecule has 0 aliphatic carbocycles. The summed E-state index contributed by atoms with van der Waals surface area (Å²) in [5, 5.41) is 20.2. The molecule has 0 heterocycles. The van der Waals surface area contributed by atoms with Crippen LogP contribution in [0.1, 0.15) is 38.4 Å². The van der Waals surface area contributed by atoms with Crippen LogP contribution in [-0.4, -0.2) is 22.9 Å². The molecule has 0 aromatic heterocycles. The van der Waals surface area contributed by atoms with E-state index in [0.717, 1.165) is 0 Å². The third-order valence-electron chi connectivity index (χ3n) is 3.23. The third kappa shape index (κ3) is 2.76. The molecule has 0 bridgehead atoms. The van der Waals surface area contributed by atoms with E-state index in [1.165, 1.54) is 19.2 Å². The lowest BCUT2D eigenvalue weighted by Gasteiger charge is -2.31. The van der Waals surface area contributed by atoms with Crippen LogP contribution in [0.2, 0.25) is 0 Å². The van der Waals surface area contributed by atoms with Crippen LogP contribution in [0.5, 0.6) is 5.75 Å². The Morgan fingerprint density at radius 2 is 1.94 bits per heavy atom. The summed E-state index contributed by atoms with van der Waals surface area (Å²) in [5.74, 6) is -0.420. The molecule has 1 rings (SSSR count). The maximum absolute atomic E-state index is 13.5. The number of aliphatic hydroxyl groups excluding tert-OH is 1. The first-order valence-corrected chi connectivity index (χ1v) is 5.72. The lowest BCUT2D eigenvalue weighted by molar-refractivity contribution is -0.0821. The number of benzene rings is 1. The highest BCUT2D eigenvalue weighted by molar-refractivity contribution is 5.31. The van der Waals surface area contributed by atoms with Gasteiger partial charge in [-0.15, -0.1) is 0 Å². The van der Waals surface area contributed by atoms with E-state index in [1.807, 2.05) is 0 Å². The Hall–Kier alpha value is -1.13. The molecule has 2 N–H and O–H groups in total. The third-order valence-corrected chi connectivity index (χ3v) is 3.23. The Kier molecular flexibility index (Phi) is 4.48. The summed E-state index contributed by atoms with van der Waals surface area (Å²) in [7, 11) is 1.38. The average molecular weight is 242 g/mol. The van der Waals surface area contributed by atoms with Gasteiger partial charge in [0.2, 0.25) is 0 Å². The summed E-state index contributed by atoms with van der Waals surface area (Å²) < 4.78 is 18.3. The molecule has 1 aromatic rings. The zero-order chi connectivity index (χ0) is 13.1.